The van der Waals surface area contributed by atoms with Gasteiger partial charge in [0.05, 0.1) is 35.4 Å². The molecule has 4 aromatic rings. The number of carbonyl (C=O) groups is 1. The van der Waals surface area contributed by atoms with Crippen molar-refractivity contribution < 1.29 is 23.0 Å². The molecule has 4 fully saturated rings. The highest BCUT2D eigenvalue weighted by molar-refractivity contribution is 7.23. The summed E-state index contributed by atoms with van der Waals surface area (Å²) in [6, 6.07) is 2.51. The molecule has 1 amide bonds. The van der Waals surface area contributed by atoms with Gasteiger partial charge in [-0.05, 0) is 70.4 Å². The predicted octanol–water partition coefficient (Wildman–Crippen LogP) is 6.54. The Labute approximate surface area is 268 Å². The number of anilines is 2. The highest BCUT2D eigenvalue weighted by Gasteiger charge is 2.57. The van der Waals surface area contributed by atoms with E-state index in [1.165, 1.54) is 19.3 Å². The van der Waals surface area contributed by atoms with Crippen LogP contribution in [0.3, 0.4) is 0 Å². The Bertz CT molecular complexity index is 1980. The van der Waals surface area contributed by atoms with Crippen molar-refractivity contribution in [3.05, 3.63) is 40.7 Å². The average Bonchev–Trinajstić information content (AvgIpc) is 3.67. The fourth-order valence-corrected chi connectivity index (χ4v) is 8.64. The lowest BCUT2D eigenvalue weighted by Gasteiger charge is -2.63. The minimum absolute atomic E-state index is 0.0310. The maximum Gasteiger partial charge on any atom is 0.412 e. The average molecular weight is 646 g/mol. The number of amides is 1. The molecule has 5 aliphatic rings. The minimum atomic E-state index is -0.793. The Hall–Kier alpha value is -3.99. The van der Waals surface area contributed by atoms with Gasteiger partial charge in [-0.2, -0.15) is 5.26 Å². The lowest BCUT2D eigenvalue weighted by molar-refractivity contribution is -0.0590. The molecule has 46 heavy (non-hydrogen) atoms. The van der Waals surface area contributed by atoms with Gasteiger partial charge in [0.25, 0.3) is 0 Å². The van der Waals surface area contributed by atoms with E-state index in [0.29, 0.717) is 28.5 Å². The first-order valence-electron chi connectivity index (χ1n) is 15.6. The van der Waals surface area contributed by atoms with Gasteiger partial charge >= 0.3 is 6.09 Å². The van der Waals surface area contributed by atoms with Gasteiger partial charge in [-0.1, -0.05) is 0 Å². The predicted molar refractivity (Wildman–Crippen MR) is 170 cm³/mol. The molecule has 10 nitrogen and oxygen atoms in total. The Morgan fingerprint density at radius 1 is 1.20 bits per heavy atom. The normalized spacial score (nSPS) is 24.9. The van der Waals surface area contributed by atoms with E-state index in [-0.39, 0.29) is 56.7 Å². The van der Waals surface area contributed by atoms with Gasteiger partial charge in [-0.25, -0.2) is 23.5 Å². The summed E-state index contributed by atoms with van der Waals surface area (Å²) in [5, 5.41) is 17.4. The van der Waals surface area contributed by atoms with Gasteiger partial charge in [-0.3, -0.25) is 10.3 Å². The molecule has 9 rings (SSSR count). The van der Waals surface area contributed by atoms with Crippen molar-refractivity contribution in [1.82, 2.24) is 20.3 Å². The van der Waals surface area contributed by atoms with Crippen LogP contribution < -0.4 is 15.5 Å². The number of nitriles is 1. The number of benzene rings is 1. The third-order valence-corrected chi connectivity index (χ3v) is 11.0. The van der Waals surface area contributed by atoms with Crippen molar-refractivity contribution in [2.75, 3.05) is 16.8 Å². The molecule has 0 spiro atoms. The summed E-state index contributed by atoms with van der Waals surface area (Å²) in [5.41, 5.74) is 1.06. The topological polar surface area (TPSA) is 125 Å². The maximum absolute atomic E-state index is 16.9. The third kappa shape index (κ3) is 4.52. The van der Waals surface area contributed by atoms with Crippen LogP contribution >= 0.6 is 11.3 Å². The molecule has 1 aromatic carbocycles. The number of rotatable bonds is 5. The minimum Gasteiger partial charge on any atom is -0.444 e. The monoisotopic (exact) mass is 645 g/mol. The van der Waals surface area contributed by atoms with Gasteiger partial charge in [0.15, 0.2) is 11.6 Å². The number of hydrogen-bond donors (Lipinski definition) is 2. The fourth-order valence-electron chi connectivity index (χ4n) is 7.60. The zero-order valence-corrected chi connectivity index (χ0v) is 26.8. The number of aromatic nitrogens is 3. The molecule has 13 heteroatoms. The van der Waals surface area contributed by atoms with Crippen LogP contribution in [0.2, 0.25) is 0 Å². The zero-order valence-electron chi connectivity index (χ0n) is 26.0. The largest absolute Gasteiger partial charge is 0.444 e. The van der Waals surface area contributed by atoms with E-state index in [4.69, 9.17) is 14.5 Å². The highest BCUT2D eigenvalue weighted by Crippen LogP contribution is 2.57. The van der Waals surface area contributed by atoms with Gasteiger partial charge in [0, 0.05) is 46.7 Å². The number of thiophene rings is 1. The quantitative estimate of drug-likeness (QED) is 0.249. The molecule has 3 aliphatic carbocycles. The van der Waals surface area contributed by atoms with Gasteiger partial charge in [0.2, 0.25) is 5.95 Å². The molecule has 2 bridgehead atoms. The second kappa shape index (κ2) is 10.3. The van der Waals surface area contributed by atoms with Crippen molar-refractivity contribution in [2.24, 2.45) is 5.92 Å². The van der Waals surface area contributed by atoms with Crippen molar-refractivity contribution in [2.45, 2.75) is 89.8 Å². The summed E-state index contributed by atoms with van der Waals surface area (Å²) in [4.78, 5) is 28.5. The van der Waals surface area contributed by atoms with Crippen molar-refractivity contribution in [3.8, 4) is 17.3 Å². The van der Waals surface area contributed by atoms with E-state index in [1.807, 2.05) is 0 Å². The number of ether oxygens (including phenoxy) is 2. The number of hydrogen-bond acceptors (Lipinski definition) is 10. The summed E-state index contributed by atoms with van der Waals surface area (Å²) in [6.45, 7) is 8.36. The first kappa shape index (κ1) is 29.4. The molecule has 2 aliphatic heterocycles. The molecule has 1 unspecified atom stereocenters. The zero-order chi connectivity index (χ0) is 32.1. The van der Waals surface area contributed by atoms with E-state index in [0.717, 1.165) is 42.0 Å². The molecule has 238 valence electrons. The van der Waals surface area contributed by atoms with Crippen LogP contribution in [0.15, 0.2) is 12.4 Å². The Morgan fingerprint density at radius 2 is 1.96 bits per heavy atom. The summed E-state index contributed by atoms with van der Waals surface area (Å²) >= 11 is 0.872. The van der Waals surface area contributed by atoms with Crippen LogP contribution in [0.5, 0.6) is 0 Å². The molecule has 2 N–H and O–H groups in total. The summed E-state index contributed by atoms with van der Waals surface area (Å²) in [6.07, 6.45) is 6.59. The first-order valence-corrected chi connectivity index (χ1v) is 16.4. The van der Waals surface area contributed by atoms with Crippen molar-refractivity contribution >= 4 is 49.4 Å². The molecule has 0 radical (unpaired) electrons. The Kier molecular flexibility index (Phi) is 6.56. The van der Waals surface area contributed by atoms with Crippen LogP contribution in [-0.4, -0.2) is 50.8 Å². The Morgan fingerprint density at radius 3 is 2.65 bits per heavy atom. The molecular weight excluding hydrogens is 612 g/mol. The van der Waals surface area contributed by atoms with E-state index in [1.54, 1.807) is 27.0 Å². The number of nitrogens with one attached hydrogen (secondary N) is 2. The fraction of sp³-hybridized carbons (Fsp3) is 0.485. The number of nitrogens with zero attached hydrogens (tertiary/aromatic N) is 5. The molecule has 2 atom stereocenters. The molecule has 5 heterocycles. The third-order valence-electron chi connectivity index (χ3n) is 9.86. The summed E-state index contributed by atoms with van der Waals surface area (Å²) in [5.74, 6) is -0.00779. The summed E-state index contributed by atoms with van der Waals surface area (Å²) < 4.78 is 43.3. The molecular formula is C33H33F2N7O3S. The highest BCUT2D eigenvalue weighted by atomic mass is 32.1. The molecule has 3 aromatic heterocycles. The van der Waals surface area contributed by atoms with Gasteiger partial charge in [0.1, 0.15) is 22.2 Å². The van der Waals surface area contributed by atoms with Crippen LogP contribution in [0, 0.1) is 28.9 Å². The summed E-state index contributed by atoms with van der Waals surface area (Å²) in [7, 11) is 0. The van der Waals surface area contributed by atoms with E-state index in [2.05, 4.69) is 38.5 Å². The maximum atomic E-state index is 16.9. The van der Waals surface area contributed by atoms with Crippen LogP contribution in [0.25, 0.3) is 32.2 Å². The number of carbonyl (C=O) groups excluding carboxylic acids is 1. The first-order chi connectivity index (χ1) is 21.9. The van der Waals surface area contributed by atoms with E-state index >= 15 is 8.78 Å². The smallest absolute Gasteiger partial charge is 0.412 e. The van der Waals surface area contributed by atoms with Gasteiger partial charge in [-0.15, -0.1) is 11.3 Å². The van der Waals surface area contributed by atoms with Gasteiger partial charge < -0.3 is 19.7 Å². The lowest BCUT2D eigenvalue weighted by atomic mass is 9.49. The molecule has 1 saturated heterocycles. The second-order valence-electron chi connectivity index (χ2n) is 14.0. The van der Waals surface area contributed by atoms with E-state index < -0.39 is 23.3 Å². The molecule has 3 saturated carbocycles. The number of pyridine rings is 1. The van der Waals surface area contributed by atoms with Crippen LogP contribution in [-0.2, 0) is 22.7 Å². The Balaban J connectivity index is 1.23. The number of fused-ring (bicyclic) bond motifs is 4. The SMILES string of the molecule is C[C@H]1C(NC23CC(C2)C3)CCN1c1ncc2c3c(c(-c4ncc(F)c5sc(NC(=O)OC(C)(C)C)c(C#N)c45)c(F)c2n1)COC3. The standard InChI is InChI=1S/C33H33F2N7O3S/c1-15-22(41-33-7-16(8-33)9-33)5-6-42(15)30-38-11-18-19-13-44-14-20(19)23(25(35)26(18)39-30)27-24-17(10-36)29(40-31(43)45-32(2,3)4)46-28(24)21(34)12-37-27/h11-12,15-16,22,41H,5-9,13-14H2,1-4H3,(H,40,43)/t15-,16?,22?,33?/m0/s1. The van der Waals surface area contributed by atoms with Crippen molar-refractivity contribution in [1.29, 1.82) is 5.26 Å². The van der Waals surface area contributed by atoms with Crippen molar-refractivity contribution in [3.63, 3.8) is 0 Å². The number of halogens is 2. The lowest BCUT2D eigenvalue weighted by Crippen LogP contribution is -2.69. The van der Waals surface area contributed by atoms with Crippen LogP contribution in [0.4, 0.5) is 24.5 Å². The second-order valence-corrected chi connectivity index (χ2v) is 15.0. The van der Waals surface area contributed by atoms with E-state index in [9.17, 15) is 10.1 Å². The van der Waals surface area contributed by atoms with Crippen LogP contribution in [0.1, 0.15) is 70.1 Å².